The van der Waals surface area contributed by atoms with Crippen LogP contribution in [0.2, 0.25) is 0 Å². The SMILES string of the molecule is CC1CCCC(C)N1Nc1cnc(N)cc1C(=O)O. The molecule has 4 N–H and O–H groups in total. The number of nitrogens with one attached hydrogen (secondary N) is 1. The number of carbonyl (C=O) groups is 1. The summed E-state index contributed by atoms with van der Waals surface area (Å²) in [6.07, 6.45) is 4.88. The van der Waals surface area contributed by atoms with Gasteiger partial charge in [-0.25, -0.2) is 14.8 Å². The van der Waals surface area contributed by atoms with Gasteiger partial charge in [0.25, 0.3) is 0 Å². The van der Waals surface area contributed by atoms with Crippen LogP contribution in [0.3, 0.4) is 0 Å². The molecule has 2 rings (SSSR count). The maximum atomic E-state index is 11.2. The van der Waals surface area contributed by atoms with Crippen molar-refractivity contribution in [2.24, 2.45) is 0 Å². The van der Waals surface area contributed by atoms with E-state index in [1.807, 2.05) is 0 Å². The van der Waals surface area contributed by atoms with Crippen molar-refractivity contribution in [2.45, 2.75) is 45.2 Å². The van der Waals surface area contributed by atoms with Gasteiger partial charge in [0, 0.05) is 12.1 Å². The van der Waals surface area contributed by atoms with Crippen LogP contribution in [0, 0.1) is 0 Å². The number of carboxylic acids is 1. The first-order valence-electron chi connectivity index (χ1n) is 6.53. The van der Waals surface area contributed by atoms with Gasteiger partial charge in [0.15, 0.2) is 0 Å². The fourth-order valence-corrected chi connectivity index (χ4v) is 2.52. The van der Waals surface area contributed by atoms with E-state index in [0.717, 1.165) is 12.8 Å². The van der Waals surface area contributed by atoms with Crippen LogP contribution in [0.1, 0.15) is 43.5 Å². The highest BCUT2D eigenvalue weighted by molar-refractivity contribution is 5.94. The lowest BCUT2D eigenvalue weighted by Crippen LogP contribution is -2.47. The number of hydrogen-bond acceptors (Lipinski definition) is 5. The maximum Gasteiger partial charge on any atom is 0.338 e. The summed E-state index contributed by atoms with van der Waals surface area (Å²) in [6.45, 7) is 4.27. The van der Waals surface area contributed by atoms with E-state index >= 15 is 0 Å². The minimum Gasteiger partial charge on any atom is -0.478 e. The van der Waals surface area contributed by atoms with Crippen LogP contribution < -0.4 is 11.2 Å². The van der Waals surface area contributed by atoms with Crippen molar-refractivity contribution in [2.75, 3.05) is 11.2 Å². The fourth-order valence-electron chi connectivity index (χ4n) is 2.52. The van der Waals surface area contributed by atoms with E-state index in [-0.39, 0.29) is 11.4 Å². The topological polar surface area (TPSA) is 91.5 Å². The van der Waals surface area contributed by atoms with Crippen LogP contribution in [0.4, 0.5) is 11.5 Å². The number of hydrogen-bond donors (Lipinski definition) is 3. The first kappa shape index (κ1) is 13.6. The van der Waals surface area contributed by atoms with E-state index in [1.54, 1.807) is 0 Å². The number of piperidine rings is 1. The number of nitrogen functional groups attached to an aromatic ring is 1. The molecule has 1 aromatic heterocycles. The average Bonchev–Trinajstić information content (AvgIpc) is 2.35. The minimum atomic E-state index is -1.01. The van der Waals surface area contributed by atoms with Gasteiger partial charge in [-0.15, -0.1) is 0 Å². The molecule has 104 valence electrons. The summed E-state index contributed by atoms with van der Waals surface area (Å²) in [5, 5.41) is 11.3. The molecule has 2 heterocycles. The Morgan fingerprint density at radius 1 is 1.47 bits per heavy atom. The molecule has 0 spiro atoms. The van der Waals surface area contributed by atoms with Crippen molar-refractivity contribution in [1.29, 1.82) is 0 Å². The van der Waals surface area contributed by atoms with Crippen LogP contribution in [0.15, 0.2) is 12.3 Å². The van der Waals surface area contributed by atoms with E-state index in [0.29, 0.717) is 17.8 Å². The second-order valence-electron chi connectivity index (χ2n) is 5.11. The molecule has 1 aromatic rings. The number of carboxylic acid groups (broad SMARTS) is 1. The third-order valence-corrected chi connectivity index (χ3v) is 3.60. The van der Waals surface area contributed by atoms with E-state index < -0.39 is 5.97 Å². The lowest BCUT2D eigenvalue weighted by Gasteiger charge is -2.39. The third kappa shape index (κ3) is 2.96. The van der Waals surface area contributed by atoms with Crippen molar-refractivity contribution in [3.05, 3.63) is 17.8 Å². The molecule has 0 radical (unpaired) electrons. The van der Waals surface area contributed by atoms with E-state index in [4.69, 9.17) is 5.73 Å². The molecular formula is C13H20N4O2. The zero-order valence-electron chi connectivity index (χ0n) is 11.3. The van der Waals surface area contributed by atoms with E-state index in [9.17, 15) is 9.90 Å². The standard InChI is InChI=1S/C13H20N4O2/c1-8-4-3-5-9(2)17(8)16-11-7-15-12(14)6-10(11)13(18)19/h6-9,16H,3-5H2,1-2H3,(H2,14,15)(H,18,19). The van der Waals surface area contributed by atoms with Gasteiger partial charge < -0.3 is 16.3 Å². The van der Waals surface area contributed by atoms with Gasteiger partial charge in [0.05, 0.1) is 17.4 Å². The van der Waals surface area contributed by atoms with Gasteiger partial charge in [0.2, 0.25) is 0 Å². The molecular weight excluding hydrogens is 244 g/mol. The quantitative estimate of drug-likeness (QED) is 0.773. The van der Waals surface area contributed by atoms with Gasteiger partial charge in [-0.3, -0.25) is 0 Å². The number of aromatic carboxylic acids is 1. The van der Waals surface area contributed by atoms with Crippen LogP contribution in [0.5, 0.6) is 0 Å². The monoisotopic (exact) mass is 264 g/mol. The summed E-state index contributed by atoms with van der Waals surface area (Å²) >= 11 is 0. The highest BCUT2D eigenvalue weighted by Gasteiger charge is 2.26. The maximum absolute atomic E-state index is 11.2. The van der Waals surface area contributed by atoms with Crippen LogP contribution in [0.25, 0.3) is 0 Å². The van der Waals surface area contributed by atoms with Gasteiger partial charge in [-0.2, -0.15) is 0 Å². The Kier molecular flexibility index (Phi) is 3.90. The molecule has 6 heteroatoms. The Hall–Kier alpha value is -1.82. The predicted octanol–water partition coefficient (Wildman–Crippen LogP) is 1.95. The zero-order valence-corrected chi connectivity index (χ0v) is 11.3. The average molecular weight is 264 g/mol. The summed E-state index contributed by atoms with van der Waals surface area (Å²) in [7, 11) is 0. The number of rotatable bonds is 3. The molecule has 1 saturated heterocycles. The highest BCUT2D eigenvalue weighted by atomic mass is 16.4. The summed E-state index contributed by atoms with van der Waals surface area (Å²) in [5.74, 6) is -0.795. The van der Waals surface area contributed by atoms with Crippen molar-refractivity contribution in [1.82, 2.24) is 9.99 Å². The van der Waals surface area contributed by atoms with Crippen molar-refractivity contribution in [3.63, 3.8) is 0 Å². The molecule has 0 aromatic carbocycles. The highest BCUT2D eigenvalue weighted by Crippen LogP contribution is 2.25. The Morgan fingerprint density at radius 2 is 2.11 bits per heavy atom. The van der Waals surface area contributed by atoms with Gasteiger partial charge in [-0.1, -0.05) is 6.42 Å². The van der Waals surface area contributed by atoms with Crippen LogP contribution in [-0.4, -0.2) is 33.2 Å². The fraction of sp³-hybridized carbons (Fsp3) is 0.538. The summed E-state index contributed by atoms with van der Waals surface area (Å²) in [4.78, 5) is 15.2. The number of nitrogens with zero attached hydrogens (tertiary/aromatic N) is 2. The Morgan fingerprint density at radius 3 is 2.68 bits per heavy atom. The Labute approximate surface area is 112 Å². The number of pyridine rings is 1. The second kappa shape index (κ2) is 5.44. The molecule has 6 nitrogen and oxygen atoms in total. The second-order valence-corrected chi connectivity index (χ2v) is 5.11. The zero-order chi connectivity index (χ0) is 14.0. The molecule has 2 atom stereocenters. The smallest absolute Gasteiger partial charge is 0.338 e. The Balaban J connectivity index is 2.24. The molecule has 19 heavy (non-hydrogen) atoms. The molecule has 0 amide bonds. The predicted molar refractivity (Wildman–Crippen MR) is 73.8 cm³/mol. The van der Waals surface area contributed by atoms with Gasteiger partial charge >= 0.3 is 5.97 Å². The summed E-state index contributed by atoms with van der Waals surface area (Å²) in [5.41, 5.74) is 9.37. The largest absolute Gasteiger partial charge is 0.478 e. The van der Waals surface area contributed by atoms with Crippen molar-refractivity contribution >= 4 is 17.5 Å². The molecule has 1 aliphatic heterocycles. The number of aromatic nitrogens is 1. The van der Waals surface area contributed by atoms with Crippen molar-refractivity contribution in [3.8, 4) is 0 Å². The first-order valence-corrected chi connectivity index (χ1v) is 6.53. The van der Waals surface area contributed by atoms with E-state index in [1.165, 1.54) is 18.7 Å². The van der Waals surface area contributed by atoms with Gasteiger partial charge in [-0.05, 0) is 32.8 Å². The summed E-state index contributed by atoms with van der Waals surface area (Å²) < 4.78 is 0. The normalized spacial score (nSPS) is 24.1. The van der Waals surface area contributed by atoms with Crippen LogP contribution >= 0.6 is 0 Å². The molecule has 0 bridgehead atoms. The van der Waals surface area contributed by atoms with Gasteiger partial charge in [0.1, 0.15) is 5.82 Å². The molecule has 1 aliphatic rings. The van der Waals surface area contributed by atoms with E-state index in [2.05, 4.69) is 29.3 Å². The number of nitrogens with two attached hydrogens (primary N) is 1. The number of hydrazine groups is 1. The lowest BCUT2D eigenvalue weighted by atomic mass is 10.00. The molecule has 2 unspecified atom stereocenters. The first-order chi connectivity index (χ1) is 8.99. The minimum absolute atomic E-state index is 0.150. The third-order valence-electron chi connectivity index (χ3n) is 3.60. The lowest BCUT2D eigenvalue weighted by molar-refractivity contribution is 0.0696. The molecule has 0 saturated carbocycles. The van der Waals surface area contributed by atoms with Crippen LogP contribution in [-0.2, 0) is 0 Å². The molecule has 0 aliphatic carbocycles. The van der Waals surface area contributed by atoms with Crippen molar-refractivity contribution < 1.29 is 9.90 Å². The number of anilines is 2. The summed E-state index contributed by atoms with van der Waals surface area (Å²) in [6, 6.07) is 2.11. The Bertz CT molecular complexity index is 468. The molecule has 1 fully saturated rings.